The maximum absolute atomic E-state index is 13.4. The smallest absolute Gasteiger partial charge is 0.240 e. The number of amides is 1. The molecule has 3 N–H and O–H groups in total. The normalized spacial score (nSPS) is 20.9. The molecule has 3 nitrogen and oxygen atoms in total. The summed E-state index contributed by atoms with van der Waals surface area (Å²) in [7, 11) is 0. The van der Waals surface area contributed by atoms with Gasteiger partial charge in [-0.2, -0.15) is 0 Å². The quantitative estimate of drug-likeness (QED) is 0.898. The van der Waals surface area contributed by atoms with Gasteiger partial charge in [-0.1, -0.05) is 13.3 Å². The molecule has 1 aliphatic heterocycles. The molecule has 1 aromatic rings. The van der Waals surface area contributed by atoms with Crippen LogP contribution in [0.5, 0.6) is 0 Å². The molecule has 0 radical (unpaired) electrons. The Morgan fingerprint density at radius 2 is 2.35 bits per heavy atom. The minimum absolute atomic E-state index is 0.144. The number of nitrogens with two attached hydrogens (primary N) is 1. The Labute approximate surface area is 123 Å². The molecule has 0 spiro atoms. The second kappa shape index (κ2) is 6.14. The monoisotopic (exact) mass is 296 g/mol. The summed E-state index contributed by atoms with van der Waals surface area (Å²) in [6, 6.07) is 4.61. The molecule has 5 heteroatoms. The fourth-order valence-electron chi connectivity index (χ4n) is 2.47. The SMILES string of the molecule is CCCC(C)(N)C(=O)NC1CCSc2ccc(F)cc21. The van der Waals surface area contributed by atoms with Crippen molar-refractivity contribution in [2.75, 3.05) is 5.75 Å². The van der Waals surface area contributed by atoms with E-state index in [0.29, 0.717) is 6.42 Å². The van der Waals surface area contributed by atoms with E-state index in [-0.39, 0.29) is 17.8 Å². The molecule has 1 aromatic carbocycles. The van der Waals surface area contributed by atoms with Crippen molar-refractivity contribution in [3.63, 3.8) is 0 Å². The standard InChI is InChI=1S/C15H21FN2OS/c1-3-7-15(2,17)14(19)18-12-6-8-20-13-5-4-10(16)9-11(12)13/h4-5,9,12H,3,6-8,17H2,1-2H3,(H,18,19). The second-order valence-corrected chi connectivity index (χ2v) is 6.65. The zero-order valence-electron chi connectivity index (χ0n) is 11.9. The number of nitrogens with one attached hydrogen (secondary N) is 1. The lowest BCUT2D eigenvalue weighted by Crippen LogP contribution is -2.52. The molecule has 0 bridgehead atoms. The molecule has 0 saturated heterocycles. The molecule has 0 aliphatic carbocycles. The third-order valence-electron chi connectivity index (χ3n) is 3.60. The summed E-state index contributed by atoms with van der Waals surface area (Å²) in [5.41, 5.74) is 6.04. The van der Waals surface area contributed by atoms with Crippen LogP contribution in [0.4, 0.5) is 4.39 Å². The van der Waals surface area contributed by atoms with Crippen molar-refractivity contribution in [1.29, 1.82) is 0 Å². The first kappa shape index (κ1) is 15.3. The van der Waals surface area contributed by atoms with Crippen LogP contribution < -0.4 is 11.1 Å². The van der Waals surface area contributed by atoms with E-state index in [0.717, 1.165) is 29.1 Å². The van der Waals surface area contributed by atoms with Gasteiger partial charge in [-0.05, 0) is 43.5 Å². The summed E-state index contributed by atoms with van der Waals surface area (Å²) in [4.78, 5) is 13.3. The number of thioether (sulfide) groups is 1. The third kappa shape index (κ3) is 3.33. The van der Waals surface area contributed by atoms with Crippen molar-refractivity contribution in [3.8, 4) is 0 Å². The highest BCUT2D eigenvalue weighted by Crippen LogP contribution is 2.36. The average Bonchev–Trinajstić information content (AvgIpc) is 2.39. The maximum atomic E-state index is 13.4. The predicted molar refractivity (Wildman–Crippen MR) is 80.1 cm³/mol. The summed E-state index contributed by atoms with van der Waals surface area (Å²) in [6.07, 6.45) is 2.29. The molecule has 0 fully saturated rings. The Balaban J connectivity index is 2.16. The first-order chi connectivity index (χ1) is 9.44. The highest BCUT2D eigenvalue weighted by atomic mass is 32.2. The van der Waals surface area contributed by atoms with Crippen LogP contribution in [0.25, 0.3) is 0 Å². The van der Waals surface area contributed by atoms with E-state index < -0.39 is 5.54 Å². The van der Waals surface area contributed by atoms with Crippen molar-refractivity contribution in [3.05, 3.63) is 29.6 Å². The predicted octanol–water partition coefficient (Wildman–Crippen LogP) is 3.00. The Morgan fingerprint density at radius 1 is 1.60 bits per heavy atom. The summed E-state index contributed by atoms with van der Waals surface area (Å²) >= 11 is 1.70. The Hall–Kier alpha value is -1.07. The van der Waals surface area contributed by atoms with Crippen molar-refractivity contribution >= 4 is 17.7 Å². The summed E-state index contributed by atoms with van der Waals surface area (Å²) in [5.74, 6) is 0.486. The van der Waals surface area contributed by atoms with Crippen LogP contribution in [-0.4, -0.2) is 17.2 Å². The number of hydrogen-bond donors (Lipinski definition) is 2. The van der Waals surface area contributed by atoms with Crippen LogP contribution in [0.2, 0.25) is 0 Å². The fraction of sp³-hybridized carbons (Fsp3) is 0.533. The molecule has 2 atom stereocenters. The van der Waals surface area contributed by atoms with Gasteiger partial charge in [0.25, 0.3) is 0 Å². The van der Waals surface area contributed by atoms with Gasteiger partial charge in [-0.25, -0.2) is 4.39 Å². The topological polar surface area (TPSA) is 55.1 Å². The largest absolute Gasteiger partial charge is 0.348 e. The van der Waals surface area contributed by atoms with E-state index >= 15 is 0 Å². The number of fused-ring (bicyclic) bond motifs is 1. The number of carbonyl (C=O) groups excluding carboxylic acids is 1. The van der Waals surface area contributed by atoms with E-state index in [4.69, 9.17) is 5.73 Å². The van der Waals surface area contributed by atoms with Gasteiger partial charge in [0.15, 0.2) is 0 Å². The van der Waals surface area contributed by atoms with Crippen LogP contribution in [0.15, 0.2) is 23.1 Å². The van der Waals surface area contributed by atoms with Gasteiger partial charge in [0, 0.05) is 10.6 Å². The Bertz CT molecular complexity index is 505. The van der Waals surface area contributed by atoms with Gasteiger partial charge < -0.3 is 11.1 Å². The van der Waals surface area contributed by atoms with Gasteiger partial charge in [-0.3, -0.25) is 4.79 Å². The van der Waals surface area contributed by atoms with Crippen molar-refractivity contribution in [2.45, 2.75) is 49.6 Å². The summed E-state index contributed by atoms with van der Waals surface area (Å²) in [5, 5.41) is 2.98. The van der Waals surface area contributed by atoms with E-state index in [1.54, 1.807) is 24.8 Å². The van der Waals surface area contributed by atoms with Crippen LogP contribution in [-0.2, 0) is 4.79 Å². The van der Waals surface area contributed by atoms with Crippen LogP contribution in [0.3, 0.4) is 0 Å². The number of halogens is 1. The second-order valence-electron chi connectivity index (χ2n) is 5.51. The van der Waals surface area contributed by atoms with E-state index in [9.17, 15) is 9.18 Å². The molecular weight excluding hydrogens is 275 g/mol. The molecule has 1 amide bonds. The molecule has 0 saturated carbocycles. The highest BCUT2D eigenvalue weighted by molar-refractivity contribution is 7.99. The van der Waals surface area contributed by atoms with Crippen molar-refractivity contribution in [2.24, 2.45) is 5.73 Å². The maximum Gasteiger partial charge on any atom is 0.240 e. The first-order valence-corrected chi connectivity index (χ1v) is 7.94. The molecular formula is C15H21FN2OS. The summed E-state index contributed by atoms with van der Waals surface area (Å²) in [6.45, 7) is 3.75. The molecule has 110 valence electrons. The number of carbonyl (C=O) groups is 1. The van der Waals surface area contributed by atoms with E-state index in [1.807, 2.05) is 6.92 Å². The van der Waals surface area contributed by atoms with Gasteiger partial charge in [0.05, 0.1) is 11.6 Å². The Morgan fingerprint density at radius 3 is 3.05 bits per heavy atom. The van der Waals surface area contributed by atoms with Gasteiger partial charge >= 0.3 is 0 Å². The number of benzene rings is 1. The van der Waals surface area contributed by atoms with E-state index in [2.05, 4.69) is 5.32 Å². The first-order valence-electron chi connectivity index (χ1n) is 6.96. The molecule has 0 aromatic heterocycles. The molecule has 20 heavy (non-hydrogen) atoms. The van der Waals surface area contributed by atoms with E-state index in [1.165, 1.54) is 12.1 Å². The average molecular weight is 296 g/mol. The lowest BCUT2D eigenvalue weighted by atomic mass is 9.95. The minimum atomic E-state index is -0.868. The molecule has 1 heterocycles. The van der Waals surface area contributed by atoms with Crippen molar-refractivity contribution < 1.29 is 9.18 Å². The third-order valence-corrected chi connectivity index (χ3v) is 4.73. The van der Waals surface area contributed by atoms with Crippen molar-refractivity contribution in [1.82, 2.24) is 5.32 Å². The Kier molecular flexibility index (Phi) is 4.70. The van der Waals surface area contributed by atoms with Crippen LogP contribution in [0, 0.1) is 5.82 Å². The highest BCUT2D eigenvalue weighted by Gasteiger charge is 2.31. The minimum Gasteiger partial charge on any atom is -0.348 e. The lowest BCUT2D eigenvalue weighted by molar-refractivity contribution is -0.126. The van der Waals surface area contributed by atoms with Crippen LogP contribution >= 0.6 is 11.8 Å². The zero-order valence-corrected chi connectivity index (χ0v) is 12.7. The van der Waals surface area contributed by atoms with Crippen LogP contribution in [0.1, 0.15) is 44.7 Å². The molecule has 2 rings (SSSR count). The van der Waals surface area contributed by atoms with Gasteiger partial charge in [0.1, 0.15) is 5.82 Å². The fourth-order valence-corrected chi connectivity index (χ4v) is 3.58. The zero-order chi connectivity index (χ0) is 14.8. The summed E-state index contributed by atoms with van der Waals surface area (Å²) < 4.78 is 13.4. The van der Waals surface area contributed by atoms with Gasteiger partial charge in [-0.15, -0.1) is 11.8 Å². The number of hydrogen-bond acceptors (Lipinski definition) is 3. The number of rotatable bonds is 4. The van der Waals surface area contributed by atoms with Gasteiger partial charge in [0.2, 0.25) is 5.91 Å². The lowest BCUT2D eigenvalue weighted by Gasteiger charge is -2.30. The molecule has 1 aliphatic rings. The molecule has 2 unspecified atom stereocenters.